The van der Waals surface area contributed by atoms with Crippen molar-refractivity contribution in [3.05, 3.63) is 30.1 Å². The Balaban J connectivity index is 1.59. The van der Waals surface area contributed by atoms with Crippen molar-refractivity contribution < 1.29 is 9.13 Å². The number of ether oxygens (including phenoxy) is 1. The minimum Gasteiger partial charge on any atom is -0.494 e. The van der Waals surface area contributed by atoms with E-state index in [1.54, 1.807) is 12.1 Å². The number of piperazine rings is 1. The zero-order chi connectivity index (χ0) is 14.4. The molecule has 1 aromatic carbocycles. The predicted molar refractivity (Wildman–Crippen MR) is 79.7 cm³/mol. The first kappa shape index (κ1) is 15.3. The van der Waals surface area contributed by atoms with Gasteiger partial charge in [0.25, 0.3) is 0 Å². The summed E-state index contributed by atoms with van der Waals surface area (Å²) >= 11 is 0. The van der Waals surface area contributed by atoms with E-state index in [2.05, 4.69) is 23.6 Å². The standard InChI is InChI=1S/C16H25FN2O/c1-14(2)19-11-9-18(10-12-19)8-3-13-20-16-6-4-15(17)5-7-16/h4-7,14H,3,8-13H2,1-2H3. The lowest BCUT2D eigenvalue weighted by molar-refractivity contribution is 0.104. The molecule has 20 heavy (non-hydrogen) atoms. The highest BCUT2D eigenvalue weighted by Gasteiger charge is 2.17. The van der Waals surface area contributed by atoms with Crippen molar-refractivity contribution in [1.82, 2.24) is 9.80 Å². The Morgan fingerprint density at radius 3 is 2.35 bits per heavy atom. The molecular weight excluding hydrogens is 255 g/mol. The maximum absolute atomic E-state index is 12.7. The van der Waals surface area contributed by atoms with Crippen LogP contribution in [-0.4, -0.2) is 55.2 Å². The van der Waals surface area contributed by atoms with Crippen molar-refractivity contribution in [2.75, 3.05) is 39.3 Å². The minimum absolute atomic E-state index is 0.222. The molecule has 0 bridgehead atoms. The zero-order valence-electron chi connectivity index (χ0n) is 12.5. The van der Waals surface area contributed by atoms with Gasteiger partial charge in [-0.05, 0) is 44.5 Å². The van der Waals surface area contributed by atoms with Crippen LogP contribution in [0.3, 0.4) is 0 Å². The third-order valence-electron chi connectivity index (χ3n) is 3.84. The van der Waals surface area contributed by atoms with E-state index in [1.807, 2.05) is 0 Å². The second-order valence-electron chi connectivity index (χ2n) is 5.63. The van der Waals surface area contributed by atoms with Gasteiger partial charge in [-0.1, -0.05) is 0 Å². The van der Waals surface area contributed by atoms with Crippen molar-refractivity contribution in [1.29, 1.82) is 0 Å². The van der Waals surface area contributed by atoms with Gasteiger partial charge in [0, 0.05) is 38.8 Å². The summed E-state index contributed by atoms with van der Waals surface area (Å²) in [5.74, 6) is 0.524. The fraction of sp³-hybridized carbons (Fsp3) is 0.625. The summed E-state index contributed by atoms with van der Waals surface area (Å²) in [5.41, 5.74) is 0. The molecule has 0 amide bonds. The van der Waals surface area contributed by atoms with E-state index in [0.29, 0.717) is 12.6 Å². The van der Waals surface area contributed by atoms with Crippen LogP contribution in [0.25, 0.3) is 0 Å². The van der Waals surface area contributed by atoms with Gasteiger partial charge in [0.15, 0.2) is 0 Å². The molecule has 1 aliphatic rings. The monoisotopic (exact) mass is 280 g/mol. The molecule has 1 heterocycles. The largest absolute Gasteiger partial charge is 0.494 e. The van der Waals surface area contributed by atoms with Gasteiger partial charge >= 0.3 is 0 Å². The Labute approximate surface area is 121 Å². The van der Waals surface area contributed by atoms with Crippen molar-refractivity contribution in [3.8, 4) is 5.75 Å². The lowest BCUT2D eigenvalue weighted by Gasteiger charge is -2.36. The molecule has 1 aromatic rings. The fourth-order valence-electron chi connectivity index (χ4n) is 2.51. The number of rotatable bonds is 6. The van der Waals surface area contributed by atoms with Crippen LogP contribution in [0.5, 0.6) is 5.75 Å². The molecule has 1 fully saturated rings. The normalized spacial score (nSPS) is 17.6. The molecule has 1 aliphatic heterocycles. The van der Waals surface area contributed by atoms with Gasteiger partial charge in [-0.3, -0.25) is 4.90 Å². The summed E-state index contributed by atoms with van der Waals surface area (Å²) in [6.07, 6.45) is 1.01. The average Bonchev–Trinajstić information content (AvgIpc) is 2.46. The van der Waals surface area contributed by atoms with E-state index < -0.39 is 0 Å². The van der Waals surface area contributed by atoms with Crippen LogP contribution in [0.2, 0.25) is 0 Å². The Bertz CT molecular complexity index is 386. The topological polar surface area (TPSA) is 15.7 Å². The third-order valence-corrected chi connectivity index (χ3v) is 3.84. The van der Waals surface area contributed by atoms with E-state index in [1.165, 1.54) is 12.1 Å². The van der Waals surface area contributed by atoms with Crippen molar-refractivity contribution in [3.63, 3.8) is 0 Å². The summed E-state index contributed by atoms with van der Waals surface area (Å²) < 4.78 is 18.3. The van der Waals surface area contributed by atoms with Crippen LogP contribution in [0.15, 0.2) is 24.3 Å². The molecule has 0 spiro atoms. The molecule has 3 nitrogen and oxygen atoms in total. The zero-order valence-corrected chi connectivity index (χ0v) is 12.5. The Kier molecular flexibility index (Phi) is 5.80. The molecule has 0 aromatic heterocycles. The number of hydrogen-bond donors (Lipinski definition) is 0. The average molecular weight is 280 g/mol. The molecule has 0 N–H and O–H groups in total. The van der Waals surface area contributed by atoms with Crippen molar-refractivity contribution >= 4 is 0 Å². The summed E-state index contributed by atoms with van der Waals surface area (Å²) in [5, 5.41) is 0. The van der Waals surface area contributed by atoms with E-state index in [4.69, 9.17) is 4.74 Å². The Morgan fingerprint density at radius 1 is 1.10 bits per heavy atom. The maximum atomic E-state index is 12.7. The number of benzene rings is 1. The summed E-state index contributed by atoms with van der Waals surface area (Å²) in [6.45, 7) is 10.9. The van der Waals surface area contributed by atoms with Gasteiger partial charge in [0.2, 0.25) is 0 Å². The maximum Gasteiger partial charge on any atom is 0.123 e. The first-order chi connectivity index (χ1) is 9.65. The van der Waals surface area contributed by atoms with Gasteiger partial charge < -0.3 is 9.64 Å². The van der Waals surface area contributed by atoms with Gasteiger partial charge in [-0.25, -0.2) is 4.39 Å². The molecular formula is C16H25FN2O. The van der Waals surface area contributed by atoms with Crippen LogP contribution in [-0.2, 0) is 0 Å². The molecule has 0 saturated carbocycles. The predicted octanol–water partition coefficient (Wildman–Crippen LogP) is 2.62. The second-order valence-corrected chi connectivity index (χ2v) is 5.63. The minimum atomic E-state index is -0.222. The van der Waals surface area contributed by atoms with Gasteiger partial charge in [-0.15, -0.1) is 0 Å². The van der Waals surface area contributed by atoms with Gasteiger partial charge in [-0.2, -0.15) is 0 Å². The van der Waals surface area contributed by atoms with E-state index in [9.17, 15) is 4.39 Å². The van der Waals surface area contributed by atoms with Crippen LogP contribution in [0.4, 0.5) is 4.39 Å². The molecule has 2 rings (SSSR count). The van der Waals surface area contributed by atoms with Crippen molar-refractivity contribution in [2.24, 2.45) is 0 Å². The second kappa shape index (κ2) is 7.60. The van der Waals surface area contributed by atoms with E-state index in [0.717, 1.165) is 44.9 Å². The van der Waals surface area contributed by atoms with Crippen LogP contribution < -0.4 is 4.74 Å². The highest BCUT2D eigenvalue weighted by Crippen LogP contribution is 2.11. The van der Waals surface area contributed by atoms with Gasteiger partial charge in [0.05, 0.1) is 6.61 Å². The molecule has 0 unspecified atom stereocenters. The van der Waals surface area contributed by atoms with Crippen molar-refractivity contribution in [2.45, 2.75) is 26.3 Å². The molecule has 0 aliphatic carbocycles. The molecule has 112 valence electrons. The lowest BCUT2D eigenvalue weighted by Crippen LogP contribution is -2.49. The highest BCUT2D eigenvalue weighted by atomic mass is 19.1. The van der Waals surface area contributed by atoms with Crippen LogP contribution >= 0.6 is 0 Å². The molecule has 0 radical (unpaired) electrons. The Morgan fingerprint density at radius 2 is 1.75 bits per heavy atom. The van der Waals surface area contributed by atoms with Crippen LogP contribution in [0.1, 0.15) is 20.3 Å². The lowest BCUT2D eigenvalue weighted by atomic mass is 10.2. The third kappa shape index (κ3) is 4.76. The SMILES string of the molecule is CC(C)N1CCN(CCCOc2ccc(F)cc2)CC1. The molecule has 4 heteroatoms. The molecule has 0 atom stereocenters. The summed E-state index contributed by atoms with van der Waals surface area (Å²) in [7, 11) is 0. The van der Waals surface area contributed by atoms with E-state index >= 15 is 0 Å². The number of halogens is 1. The smallest absolute Gasteiger partial charge is 0.123 e. The molecule has 1 saturated heterocycles. The number of nitrogens with zero attached hydrogens (tertiary/aromatic N) is 2. The van der Waals surface area contributed by atoms with Gasteiger partial charge in [0.1, 0.15) is 11.6 Å². The summed E-state index contributed by atoms with van der Waals surface area (Å²) in [4.78, 5) is 5.01. The van der Waals surface area contributed by atoms with E-state index in [-0.39, 0.29) is 5.82 Å². The highest BCUT2D eigenvalue weighted by molar-refractivity contribution is 5.21. The Hall–Kier alpha value is -1.13. The first-order valence-corrected chi connectivity index (χ1v) is 7.50. The number of hydrogen-bond acceptors (Lipinski definition) is 3. The summed E-state index contributed by atoms with van der Waals surface area (Å²) in [6, 6.07) is 6.87. The quantitative estimate of drug-likeness (QED) is 0.745. The fourth-order valence-corrected chi connectivity index (χ4v) is 2.51. The first-order valence-electron chi connectivity index (χ1n) is 7.50. The van der Waals surface area contributed by atoms with Crippen LogP contribution in [0, 0.1) is 5.82 Å².